The Morgan fingerprint density at radius 3 is 2.38 bits per heavy atom. The highest BCUT2D eigenvalue weighted by molar-refractivity contribution is 9.10. The Balaban J connectivity index is 2.96. The first-order valence-electron chi connectivity index (χ1n) is 6.47. The minimum Gasteiger partial charge on any atom is -0.478 e. The van der Waals surface area contributed by atoms with Crippen molar-refractivity contribution < 1.29 is 18.3 Å². The number of sulfonamides is 1. The van der Waals surface area contributed by atoms with Gasteiger partial charge in [-0.05, 0) is 45.5 Å². The molecule has 1 rings (SSSR count). The molecule has 0 saturated carbocycles. The van der Waals surface area contributed by atoms with Crippen molar-refractivity contribution >= 4 is 31.9 Å². The molecule has 118 valence electrons. The van der Waals surface area contributed by atoms with Crippen LogP contribution in [0.3, 0.4) is 0 Å². The fraction of sp³-hybridized carbons (Fsp3) is 0.500. The van der Waals surface area contributed by atoms with Crippen molar-refractivity contribution in [3.63, 3.8) is 0 Å². The second-order valence-corrected chi connectivity index (χ2v) is 8.66. The summed E-state index contributed by atoms with van der Waals surface area (Å²) < 4.78 is 27.4. The van der Waals surface area contributed by atoms with Gasteiger partial charge in [0.05, 0.1) is 10.5 Å². The lowest BCUT2D eigenvalue weighted by Crippen LogP contribution is -2.33. The normalized spacial score (nSPS) is 14.0. The summed E-state index contributed by atoms with van der Waals surface area (Å²) in [6.45, 7) is 8.43. The molecule has 2 N–H and O–H groups in total. The van der Waals surface area contributed by atoms with E-state index in [1.807, 2.05) is 27.7 Å². The van der Waals surface area contributed by atoms with E-state index in [0.29, 0.717) is 6.54 Å². The zero-order chi connectivity index (χ0) is 16.4. The Morgan fingerprint density at radius 1 is 1.38 bits per heavy atom. The van der Waals surface area contributed by atoms with Crippen LogP contribution in [0.15, 0.2) is 27.6 Å². The highest BCUT2D eigenvalue weighted by atomic mass is 79.9. The average molecular weight is 378 g/mol. The number of aromatic carboxylic acids is 1. The number of nitrogens with one attached hydrogen (secondary N) is 1. The van der Waals surface area contributed by atoms with E-state index in [1.54, 1.807) is 0 Å². The van der Waals surface area contributed by atoms with Gasteiger partial charge < -0.3 is 5.11 Å². The second kappa shape index (κ2) is 6.46. The lowest BCUT2D eigenvalue weighted by atomic mass is 9.82. The summed E-state index contributed by atoms with van der Waals surface area (Å²) in [6, 6.07) is 3.84. The summed E-state index contributed by atoms with van der Waals surface area (Å²) in [7, 11) is -3.68. The molecule has 0 radical (unpaired) electrons. The maximum atomic E-state index is 12.3. The van der Waals surface area contributed by atoms with E-state index in [4.69, 9.17) is 5.11 Å². The van der Waals surface area contributed by atoms with Gasteiger partial charge in [-0.2, -0.15) is 0 Å². The van der Waals surface area contributed by atoms with E-state index >= 15 is 0 Å². The van der Waals surface area contributed by atoms with Gasteiger partial charge in [0.15, 0.2) is 0 Å². The van der Waals surface area contributed by atoms with Crippen molar-refractivity contribution in [2.75, 3.05) is 6.54 Å². The Bertz CT molecular complexity index is 635. The molecule has 1 aromatic rings. The average Bonchev–Trinajstić information content (AvgIpc) is 2.34. The number of hydrogen-bond acceptors (Lipinski definition) is 3. The maximum Gasteiger partial charge on any atom is 0.335 e. The zero-order valence-electron chi connectivity index (χ0n) is 12.5. The number of carboxylic acids is 1. The van der Waals surface area contributed by atoms with E-state index in [-0.39, 0.29) is 26.3 Å². The van der Waals surface area contributed by atoms with Gasteiger partial charge in [-0.1, -0.05) is 27.7 Å². The molecule has 5 nitrogen and oxygen atoms in total. The van der Waals surface area contributed by atoms with Gasteiger partial charge in [-0.25, -0.2) is 17.9 Å². The molecule has 0 aromatic heterocycles. The minimum atomic E-state index is -3.68. The van der Waals surface area contributed by atoms with Crippen LogP contribution in [0.4, 0.5) is 0 Å². The first kappa shape index (κ1) is 18.1. The van der Waals surface area contributed by atoms with Crippen LogP contribution in [0.5, 0.6) is 0 Å². The van der Waals surface area contributed by atoms with E-state index in [9.17, 15) is 13.2 Å². The third kappa shape index (κ3) is 4.79. The maximum absolute atomic E-state index is 12.3. The molecule has 0 heterocycles. The second-order valence-electron chi connectivity index (χ2n) is 6.07. The van der Waals surface area contributed by atoms with E-state index in [0.717, 1.165) is 0 Å². The van der Waals surface area contributed by atoms with Gasteiger partial charge in [0.25, 0.3) is 0 Å². The monoisotopic (exact) mass is 377 g/mol. The van der Waals surface area contributed by atoms with Crippen molar-refractivity contribution in [2.45, 2.75) is 32.6 Å². The van der Waals surface area contributed by atoms with Gasteiger partial charge in [0, 0.05) is 11.0 Å². The van der Waals surface area contributed by atoms with Crippen LogP contribution in [0.1, 0.15) is 38.1 Å². The molecule has 0 bridgehead atoms. The molecule has 1 unspecified atom stereocenters. The molecule has 0 aliphatic rings. The van der Waals surface area contributed by atoms with Crippen LogP contribution >= 0.6 is 15.9 Å². The SMILES string of the molecule is CC(CNS(=O)(=O)c1ccc(C(=O)O)cc1Br)C(C)(C)C. The fourth-order valence-electron chi connectivity index (χ4n) is 1.47. The van der Waals surface area contributed by atoms with Crippen LogP contribution in [-0.2, 0) is 10.0 Å². The Labute approximate surface area is 133 Å². The summed E-state index contributed by atoms with van der Waals surface area (Å²) in [5.41, 5.74) is 0.0243. The van der Waals surface area contributed by atoms with Crippen molar-refractivity contribution in [1.82, 2.24) is 4.72 Å². The predicted octanol–water partition coefficient (Wildman–Crippen LogP) is 3.11. The molecule has 0 fully saturated rings. The molecule has 1 atom stereocenters. The Kier molecular flexibility index (Phi) is 5.57. The van der Waals surface area contributed by atoms with Crippen molar-refractivity contribution in [3.8, 4) is 0 Å². The summed E-state index contributed by atoms with van der Waals surface area (Å²) in [5, 5.41) is 8.88. The summed E-state index contributed by atoms with van der Waals surface area (Å²) in [4.78, 5) is 10.9. The van der Waals surface area contributed by atoms with Gasteiger partial charge in [-0.3, -0.25) is 0 Å². The van der Waals surface area contributed by atoms with Crippen LogP contribution in [0.2, 0.25) is 0 Å². The molecule has 0 spiro atoms. The number of hydrogen-bond donors (Lipinski definition) is 2. The smallest absolute Gasteiger partial charge is 0.335 e. The largest absolute Gasteiger partial charge is 0.478 e. The number of carboxylic acid groups (broad SMARTS) is 1. The number of benzene rings is 1. The first-order chi connectivity index (χ1) is 9.45. The lowest BCUT2D eigenvalue weighted by Gasteiger charge is -2.27. The molecule has 0 aliphatic heterocycles. The molecular weight excluding hydrogens is 358 g/mol. The van der Waals surface area contributed by atoms with Gasteiger partial charge >= 0.3 is 5.97 Å². The van der Waals surface area contributed by atoms with Crippen molar-refractivity contribution in [1.29, 1.82) is 0 Å². The molecule has 7 heteroatoms. The standard InChI is InChI=1S/C14H20BrNO4S/c1-9(14(2,3)4)8-16-21(19,20)12-6-5-10(13(17)18)7-11(12)15/h5-7,9,16H,8H2,1-4H3,(H,17,18). The lowest BCUT2D eigenvalue weighted by molar-refractivity contribution is 0.0696. The molecule has 0 saturated heterocycles. The predicted molar refractivity (Wildman–Crippen MR) is 84.9 cm³/mol. The topological polar surface area (TPSA) is 83.5 Å². The highest BCUT2D eigenvalue weighted by Gasteiger charge is 2.24. The first-order valence-corrected chi connectivity index (χ1v) is 8.75. The molecule has 21 heavy (non-hydrogen) atoms. The van der Waals surface area contributed by atoms with Gasteiger partial charge in [0.2, 0.25) is 10.0 Å². The van der Waals surface area contributed by atoms with Crippen LogP contribution in [0.25, 0.3) is 0 Å². The highest BCUT2D eigenvalue weighted by Crippen LogP contribution is 2.26. The van der Waals surface area contributed by atoms with E-state index < -0.39 is 16.0 Å². The van der Waals surface area contributed by atoms with E-state index in [2.05, 4.69) is 20.7 Å². The zero-order valence-corrected chi connectivity index (χ0v) is 14.9. The number of rotatable bonds is 5. The van der Waals surface area contributed by atoms with Crippen molar-refractivity contribution in [2.24, 2.45) is 11.3 Å². The number of halogens is 1. The summed E-state index contributed by atoms with van der Waals surface area (Å²) in [5.74, 6) is -0.946. The fourth-order valence-corrected chi connectivity index (χ4v) is 3.68. The third-order valence-electron chi connectivity index (χ3n) is 3.53. The van der Waals surface area contributed by atoms with Crippen LogP contribution < -0.4 is 4.72 Å². The minimum absolute atomic E-state index is 0.00703. The Hall–Kier alpha value is -0.920. The summed E-state index contributed by atoms with van der Waals surface area (Å²) in [6.07, 6.45) is 0. The van der Waals surface area contributed by atoms with Gasteiger partial charge in [0.1, 0.15) is 0 Å². The molecule has 0 amide bonds. The molecule has 0 aliphatic carbocycles. The quantitative estimate of drug-likeness (QED) is 0.825. The summed E-state index contributed by atoms with van der Waals surface area (Å²) >= 11 is 3.12. The van der Waals surface area contributed by atoms with Gasteiger partial charge in [-0.15, -0.1) is 0 Å². The molecular formula is C14H20BrNO4S. The molecule has 1 aromatic carbocycles. The van der Waals surface area contributed by atoms with Crippen LogP contribution in [-0.4, -0.2) is 26.0 Å². The number of carbonyl (C=O) groups is 1. The van der Waals surface area contributed by atoms with Crippen molar-refractivity contribution in [3.05, 3.63) is 28.2 Å². The third-order valence-corrected chi connectivity index (χ3v) is 5.93. The van der Waals surface area contributed by atoms with E-state index in [1.165, 1.54) is 18.2 Å². The Morgan fingerprint density at radius 2 is 1.95 bits per heavy atom. The van der Waals surface area contributed by atoms with Crippen LogP contribution in [0, 0.1) is 11.3 Å².